The summed E-state index contributed by atoms with van der Waals surface area (Å²) in [6.45, 7) is 7.13. The zero-order chi connectivity index (χ0) is 22.2. The number of fused-ring (bicyclic) bond motifs is 2. The first-order chi connectivity index (χ1) is 14.7. The summed E-state index contributed by atoms with van der Waals surface area (Å²) < 4.78 is 48.2. The number of nitrogens with zero attached hydrogens (tertiary/aromatic N) is 3. The number of amides is 1. The van der Waals surface area contributed by atoms with E-state index >= 15 is 0 Å². The Labute approximate surface area is 180 Å². The van der Waals surface area contributed by atoms with Crippen LogP contribution >= 0.6 is 0 Å². The second kappa shape index (κ2) is 8.86. The number of hydrogen-bond donors (Lipinski definition) is 0. The maximum Gasteiger partial charge on any atom is 0.425 e. The molecule has 3 fully saturated rings. The summed E-state index contributed by atoms with van der Waals surface area (Å²) in [6, 6.07) is 7.37. The van der Waals surface area contributed by atoms with Gasteiger partial charge in [-0.2, -0.15) is 13.2 Å². The standard InChI is InChI=1S/C22H30F3N3O3/c1-15-3-4-17(20(11-15)28-18-5-6-19(28)14-30-13-18)12-26-7-9-27(10-8-26)21(29)31-16(2)22(23,24)25/h3-4,11,16,18-19H,5-10,12-14H2,1-2H3. The fourth-order valence-electron chi connectivity index (χ4n) is 4.69. The van der Waals surface area contributed by atoms with Gasteiger partial charge in [-0.3, -0.25) is 4.90 Å². The van der Waals surface area contributed by atoms with Gasteiger partial charge in [-0.25, -0.2) is 4.79 Å². The zero-order valence-electron chi connectivity index (χ0n) is 18.0. The number of hydrogen-bond acceptors (Lipinski definition) is 5. The molecule has 6 nitrogen and oxygen atoms in total. The summed E-state index contributed by atoms with van der Waals surface area (Å²) in [7, 11) is 0. The third-order valence-electron chi connectivity index (χ3n) is 6.52. The smallest absolute Gasteiger partial charge is 0.425 e. The molecule has 3 aliphatic heterocycles. The molecular weight excluding hydrogens is 411 g/mol. The van der Waals surface area contributed by atoms with Gasteiger partial charge in [0.1, 0.15) is 0 Å². The van der Waals surface area contributed by atoms with Crippen LogP contribution in [0, 0.1) is 6.92 Å². The fourth-order valence-corrected chi connectivity index (χ4v) is 4.69. The minimum absolute atomic E-state index is 0.355. The van der Waals surface area contributed by atoms with E-state index in [-0.39, 0.29) is 0 Å². The van der Waals surface area contributed by atoms with Gasteiger partial charge >= 0.3 is 12.3 Å². The van der Waals surface area contributed by atoms with Crippen molar-refractivity contribution >= 4 is 11.8 Å². The van der Waals surface area contributed by atoms with E-state index in [0.29, 0.717) is 38.3 Å². The van der Waals surface area contributed by atoms with Crippen LogP contribution in [0.15, 0.2) is 18.2 Å². The summed E-state index contributed by atoms with van der Waals surface area (Å²) in [5.74, 6) is 0. The molecule has 3 saturated heterocycles. The molecule has 0 saturated carbocycles. The van der Waals surface area contributed by atoms with Crippen molar-refractivity contribution in [2.75, 3.05) is 44.3 Å². The van der Waals surface area contributed by atoms with Gasteiger partial charge in [0, 0.05) is 38.4 Å². The molecule has 0 N–H and O–H groups in total. The molecule has 3 heterocycles. The van der Waals surface area contributed by atoms with Gasteiger partial charge in [0.15, 0.2) is 6.10 Å². The van der Waals surface area contributed by atoms with Crippen molar-refractivity contribution in [3.63, 3.8) is 0 Å². The SMILES string of the molecule is Cc1ccc(CN2CCN(C(=O)OC(C)C(F)(F)F)CC2)c(N2C3CCC2COC3)c1. The van der Waals surface area contributed by atoms with Crippen molar-refractivity contribution < 1.29 is 27.4 Å². The third kappa shape index (κ3) is 4.92. The predicted octanol–water partition coefficient (Wildman–Crippen LogP) is 3.57. The van der Waals surface area contributed by atoms with Crippen LogP contribution in [0.5, 0.6) is 0 Å². The molecule has 1 amide bonds. The van der Waals surface area contributed by atoms with Crippen LogP contribution in [0.2, 0.25) is 0 Å². The highest BCUT2D eigenvalue weighted by Crippen LogP contribution is 2.37. The Morgan fingerprint density at radius 3 is 2.42 bits per heavy atom. The van der Waals surface area contributed by atoms with Gasteiger partial charge in [-0.15, -0.1) is 0 Å². The van der Waals surface area contributed by atoms with Crippen LogP contribution in [0.3, 0.4) is 0 Å². The number of alkyl halides is 3. The molecule has 2 bridgehead atoms. The molecule has 1 aromatic rings. The maximum absolute atomic E-state index is 12.6. The second-order valence-corrected chi connectivity index (χ2v) is 8.79. The molecule has 4 rings (SSSR count). The molecule has 3 unspecified atom stereocenters. The predicted molar refractivity (Wildman–Crippen MR) is 110 cm³/mol. The number of halogens is 3. The number of benzene rings is 1. The lowest BCUT2D eigenvalue weighted by Gasteiger charge is -2.39. The lowest BCUT2D eigenvalue weighted by atomic mass is 10.1. The van der Waals surface area contributed by atoms with E-state index in [1.165, 1.54) is 21.7 Å². The Balaban J connectivity index is 1.38. The maximum atomic E-state index is 12.6. The van der Waals surface area contributed by atoms with Crippen molar-refractivity contribution in [2.24, 2.45) is 0 Å². The Hall–Kier alpha value is -2.00. The summed E-state index contributed by atoms with van der Waals surface area (Å²) in [5, 5.41) is 0. The quantitative estimate of drug-likeness (QED) is 0.715. The summed E-state index contributed by atoms with van der Waals surface area (Å²) in [4.78, 5) is 18.2. The third-order valence-corrected chi connectivity index (χ3v) is 6.52. The summed E-state index contributed by atoms with van der Waals surface area (Å²) in [6.07, 6.45) is -5.25. The largest absolute Gasteiger partial charge is 0.437 e. The lowest BCUT2D eigenvalue weighted by molar-refractivity contribution is -0.200. The Morgan fingerprint density at radius 2 is 1.81 bits per heavy atom. The van der Waals surface area contributed by atoms with Gasteiger partial charge in [0.25, 0.3) is 0 Å². The fraction of sp³-hybridized carbons (Fsp3) is 0.682. The molecule has 0 radical (unpaired) electrons. The number of morpholine rings is 1. The first-order valence-corrected chi connectivity index (χ1v) is 10.9. The normalized spacial score (nSPS) is 25.6. The van der Waals surface area contributed by atoms with E-state index in [2.05, 4.69) is 39.7 Å². The Morgan fingerprint density at radius 1 is 1.16 bits per heavy atom. The molecular formula is C22H30F3N3O3. The molecule has 172 valence electrons. The number of anilines is 1. The number of rotatable bonds is 4. The number of carbonyl (C=O) groups is 1. The number of piperazine rings is 1. The zero-order valence-corrected chi connectivity index (χ0v) is 18.0. The van der Waals surface area contributed by atoms with Crippen LogP contribution in [0.1, 0.15) is 30.9 Å². The van der Waals surface area contributed by atoms with Gasteiger partial charge in [0.2, 0.25) is 0 Å². The molecule has 0 aliphatic carbocycles. The van der Waals surface area contributed by atoms with Crippen molar-refractivity contribution in [3.05, 3.63) is 29.3 Å². The first kappa shape index (κ1) is 22.2. The van der Waals surface area contributed by atoms with Gasteiger partial charge in [-0.1, -0.05) is 12.1 Å². The molecule has 3 aliphatic rings. The molecule has 0 spiro atoms. The lowest BCUT2D eigenvalue weighted by Crippen LogP contribution is -2.50. The van der Waals surface area contributed by atoms with Gasteiger partial charge in [-0.05, 0) is 43.9 Å². The van der Waals surface area contributed by atoms with E-state index < -0.39 is 18.4 Å². The van der Waals surface area contributed by atoms with E-state index in [1.54, 1.807) is 0 Å². The van der Waals surface area contributed by atoms with Crippen LogP contribution < -0.4 is 4.90 Å². The van der Waals surface area contributed by atoms with E-state index in [0.717, 1.165) is 39.5 Å². The summed E-state index contributed by atoms with van der Waals surface area (Å²) in [5.41, 5.74) is 3.72. The van der Waals surface area contributed by atoms with Crippen molar-refractivity contribution in [1.29, 1.82) is 0 Å². The van der Waals surface area contributed by atoms with Crippen LogP contribution in [0.4, 0.5) is 23.7 Å². The highest BCUT2D eigenvalue weighted by molar-refractivity contribution is 5.68. The minimum Gasteiger partial charge on any atom is -0.437 e. The van der Waals surface area contributed by atoms with Crippen molar-refractivity contribution in [1.82, 2.24) is 9.80 Å². The summed E-state index contributed by atoms with van der Waals surface area (Å²) >= 11 is 0. The Bertz CT molecular complexity index is 780. The van der Waals surface area contributed by atoms with Gasteiger partial charge < -0.3 is 19.3 Å². The van der Waals surface area contributed by atoms with E-state index in [4.69, 9.17) is 4.74 Å². The highest BCUT2D eigenvalue weighted by atomic mass is 19.4. The number of aryl methyl sites for hydroxylation is 1. The Kier molecular flexibility index (Phi) is 6.35. The monoisotopic (exact) mass is 441 g/mol. The average molecular weight is 441 g/mol. The molecule has 3 atom stereocenters. The number of ether oxygens (including phenoxy) is 2. The first-order valence-electron chi connectivity index (χ1n) is 10.9. The molecule has 0 aromatic heterocycles. The second-order valence-electron chi connectivity index (χ2n) is 8.79. The van der Waals surface area contributed by atoms with Gasteiger partial charge in [0.05, 0.1) is 25.3 Å². The van der Waals surface area contributed by atoms with Crippen molar-refractivity contribution in [2.45, 2.75) is 57.6 Å². The minimum atomic E-state index is -4.54. The topological polar surface area (TPSA) is 45.2 Å². The van der Waals surface area contributed by atoms with Crippen LogP contribution in [-0.2, 0) is 16.0 Å². The average Bonchev–Trinajstić information content (AvgIpc) is 2.96. The highest BCUT2D eigenvalue weighted by Gasteiger charge is 2.41. The molecule has 1 aromatic carbocycles. The number of carbonyl (C=O) groups excluding carboxylic acids is 1. The molecule has 9 heteroatoms. The van der Waals surface area contributed by atoms with Crippen molar-refractivity contribution in [3.8, 4) is 0 Å². The van der Waals surface area contributed by atoms with Crippen LogP contribution in [-0.4, -0.2) is 79.6 Å². The van der Waals surface area contributed by atoms with E-state index in [9.17, 15) is 18.0 Å². The van der Waals surface area contributed by atoms with E-state index in [1.807, 2.05) is 0 Å². The van der Waals surface area contributed by atoms with Crippen LogP contribution in [0.25, 0.3) is 0 Å². The molecule has 31 heavy (non-hydrogen) atoms.